The summed E-state index contributed by atoms with van der Waals surface area (Å²) in [5.41, 5.74) is 0. The van der Waals surface area contributed by atoms with Gasteiger partial charge in [-0.15, -0.1) is 0 Å². The molecule has 0 saturated heterocycles. The van der Waals surface area contributed by atoms with Gasteiger partial charge in [0.15, 0.2) is 0 Å². The van der Waals surface area contributed by atoms with Crippen molar-refractivity contribution in [3.05, 3.63) is 91.0 Å². The smallest absolute Gasteiger partial charge is 0.119 e. The molecule has 9 nitrogen and oxygen atoms in total. The first-order valence-electron chi connectivity index (χ1n) is 12.7. The van der Waals surface area contributed by atoms with Gasteiger partial charge in [0.1, 0.15) is 55.4 Å². The average molecular weight is 527 g/mol. The maximum atomic E-state index is 10.7. The number of ether oxygens (including phenoxy) is 3. The summed E-state index contributed by atoms with van der Waals surface area (Å²) >= 11 is 0. The Kier molecular flexibility index (Phi) is 12.8. The first-order chi connectivity index (χ1) is 18.5. The highest BCUT2D eigenvalue weighted by Crippen LogP contribution is 2.13. The summed E-state index contributed by atoms with van der Waals surface area (Å²) in [6.45, 7) is 0.415. The van der Waals surface area contributed by atoms with Gasteiger partial charge in [-0.1, -0.05) is 54.6 Å². The number of hydrogen-bond donors (Lipinski definition) is 4. The molecule has 0 aliphatic carbocycles. The lowest BCUT2D eigenvalue weighted by Gasteiger charge is -2.38. The van der Waals surface area contributed by atoms with Crippen molar-refractivity contribution < 1.29 is 34.6 Å². The summed E-state index contributed by atoms with van der Waals surface area (Å²) in [7, 11) is 0. The van der Waals surface area contributed by atoms with Crippen LogP contribution in [0.25, 0.3) is 0 Å². The minimum absolute atomic E-state index is 0.0315. The molecule has 0 radical (unpaired) electrons. The molecule has 206 valence electrons. The number of para-hydroxylation sites is 3. The van der Waals surface area contributed by atoms with Gasteiger partial charge in [0.05, 0.1) is 6.61 Å². The van der Waals surface area contributed by atoms with Gasteiger partial charge in [0.2, 0.25) is 0 Å². The highest BCUT2D eigenvalue weighted by atomic mass is 16.5. The molecule has 3 unspecified atom stereocenters. The molecular weight excluding hydrogens is 488 g/mol. The zero-order chi connectivity index (χ0) is 27.0. The number of hydrazine groups is 1. The van der Waals surface area contributed by atoms with Crippen LogP contribution in [0, 0.1) is 0 Å². The second-order valence-corrected chi connectivity index (χ2v) is 8.84. The van der Waals surface area contributed by atoms with Crippen LogP contribution in [0.2, 0.25) is 0 Å². The van der Waals surface area contributed by atoms with E-state index in [1.165, 1.54) is 0 Å². The van der Waals surface area contributed by atoms with Gasteiger partial charge in [-0.3, -0.25) is 0 Å². The number of nitrogens with zero attached hydrogens (tertiary/aromatic N) is 2. The summed E-state index contributed by atoms with van der Waals surface area (Å²) in [4.78, 5) is 0. The van der Waals surface area contributed by atoms with Crippen LogP contribution in [-0.2, 0) is 0 Å². The molecule has 9 heteroatoms. The lowest BCUT2D eigenvalue weighted by Crippen LogP contribution is -2.54. The van der Waals surface area contributed by atoms with Gasteiger partial charge in [-0.25, -0.2) is 10.0 Å². The molecule has 3 aromatic carbocycles. The highest BCUT2D eigenvalue weighted by Gasteiger charge is 2.25. The van der Waals surface area contributed by atoms with Crippen molar-refractivity contribution in [2.45, 2.75) is 18.3 Å². The Morgan fingerprint density at radius 2 is 0.816 bits per heavy atom. The fourth-order valence-electron chi connectivity index (χ4n) is 3.78. The van der Waals surface area contributed by atoms with E-state index in [2.05, 4.69) is 0 Å². The topological polar surface area (TPSA) is 115 Å². The van der Waals surface area contributed by atoms with Crippen molar-refractivity contribution in [1.82, 2.24) is 10.0 Å². The van der Waals surface area contributed by atoms with E-state index in [4.69, 9.17) is 14.2 Å². The molecule has 0 aromatic heterocycles. The van der Waals surface area contributed by atoms with Gasteiger partial charge in [-0.2, -0.15) is 0 Å². The predicted molar refractivity (Wildman–Crippen MR) is 144 cm³/mol. The van der Waals surface area contributed by atoms with Crippen molar-refractivity contribution in [2.24, 2.45) is 0 Å². The predicted octanol–water partition coefficient (Wildman–Crippen LogP) is 1.82. The summed E-state index contributed by atoms with van der Waals surface area (Å²) in [5, 5.41) is 45.3. The Morgan fingerprint density at radius 1 is 0.500 bits per heavy atom. The summed E-state index contributed by atoms with van der Waals surface area (Å²) in [5.74, 6) is 1.91. The van der Waals surface area contributed by atoms with Crippen molar-refractivity contribution >= 4 is 0 Å². The molecule has 3 aromatic rings. The van der Waals surface area contributed by atoms with Crippen LogP contribution in [0.1, 0.15) is 0 Å². The zero-order valence-corrected chi connectivity index (χ0v) is 21.5. The van der Waals surface area contributed by atoms with Gasteiger partial charge in [0.25, 0.3) is 0 Å². The van der Waals surface area contributed by atoms with Crippen LogP contribution >= 0.6 is 0 Å². The monoisotopic (exact) mass is 526 g/mol. The van der Waals surface area contributed by atoms with Crippen LogP contribution in [0.3, 0.4) is 0 Å². The van der Waals surface area contributed by atoms with Gasteiger partial charge >= 0.3 is 0 Å². The first kappa shape index (κ1) is 29.4. The molecule has 0 heterocycles. The van der Waals surface area contributed by atoms with Crippen molar-refractivity contribution in [2.75, 3.05) is 52.6 Å². The lowest BCUT2D eigenvalue weighted by atomic mass is 10.3. The first-order valence-corrected chi connectivity index (χ1v) is 12.7. The molecule has 3 rings (SSSR count). The molecule has 38 heavy (non-hydrogen) atoms. The molecule has 0 fully saturated rings. The third-order valence-electron chi connectivity index (χ3n) is 5.58. The molecule has 0 amide bonds. The Bertz CT molecular complexity index is 946. The Labute approximate surface area is 224 Å². The minimum Gasteiger partial charge on any atom is -0.491 e. The van der Waals surface area contributed by atoms with Crippen molar-refractivity contribution in [3.63, 3.8) is 0 Å². The van der Waals surface area contributed by atoms with Crippen LogP contribution in [0.4, 0.5) is 0 Å². The van der Waals surface area contributed by atoms with E-state index in [-0.39, 0.29) is 52.6 Å². The van der Waals surface area contributed by atoms with Crippen molar-refractivity contribution in [3.8, 4) is 17.2 Å². The van der Waals surface area contributed by atoms with E-state index in [1.54, 1.807) is 46.4 Å². The van der Waals surface area contributed by atoms with E-state index < -0.39 is 18.3 Å². The Balaban J connectivity index is 1.62. The van der Waals surface area contributed by atoms with Crippen molar-refractivity contribution in [1.29, 1.82) is 0 Å². The number of rotatable bonds is 18. The van der Waals surface area contributed by atoms with E-state index >= 15 is 0 Å². The Morgan fingerprint density at radius 3 is 1.13 bits per heavy atom. The van der Waals surface area contributed by atoms with E-state index in [9.17, 15) is 20.4 Å². The minimum atomic E-state index is -0.906. The number of hydrogen-bond acceptors (Lipinski definition) is 9. The third kappa shape index (κ3) is 11.1. The molecule has 0 saturated carbocycles. The number of benzene rings is 3. The fourth-order valence-corrected chi connectivity index (χ4v) is 3.78. The summed E-state index contributed by atoms with van der Waals surface area (Å²) < 4.78 is 17.0. The Hall–Kier alpha value is -3.18. The third-order valence-corrected chi connectivity index (χ3v) is 5.58. The molecule has 4 N–H and O–H groups in total. The maximum absolute atomic E-state index is 10.7. The van der Waals surface area contributed by atoms with Gasteiger partial charge < -0.3 is 34.6 Å². The summed E-state index contributed by atoms with van der Waals surface area (Å²) in [6.07, 6.45) is -2.70. The average Bonchev–Trinajstić information content (AvgIpc) is 2.95. The van der Waals surface area contributed by atoms with Gasteiger partial charge in [-0.05, 0) is 36.4 Å². The largest absolute Gasteiger partial charge is 0.491 e. The zero-order valence-electron chi connectivity index (χ0n) is 21.5. The van der Waals surface area contributed by atoms with E-state index in [0.29, 0.717) is 17.2 Å². The fraction of sp³-hybridized carbons (Fsp3) is 0.379. The van der Waals surface area contributed by atoms with Crippen LogP contribution in [0.15, 0.2) is 91.0 Å². The standard InChI is InChI=1S/C29H38N2O7/c32-17-16-30(18-24(33)21-36-27-10-4-1-5-11-27)31(19-25(34)22-37-28-12-6-2-7-13-28)20-26(35)23-38-29-14-8-3-9-15-29/h1-15,24-26,32-35H,16-23H2. The second kappa shape index (κ2) is 16.6. The lowest BCUT2D eigenvalue weighted by molar-refractivity contribution is -0.108. The van der Waals surface area contributed by atoms with E-state index in [1.807, 2.05) is 54.6 Å². The normalized spacial score (nSPS) is 13.7. The number of aliphatic hydroxyl groups excluding tert-OH is 4. The highest BCUT2D eigenvalue weighted by molar-refractivity contribution is 5.22. The maximum Gasteiger partial charge on any atom is 0.119 e. The molecule has 0 bridgehead atoms. The molecule has 0 spiro atoms. The molecule has 0 aliphatic rings. The van der Waals surface area contributed by atoms with Crippen LogP contribution in [0.5, 0.6) is 17.2 Å². The van der Waals surface area contributed by atoms with Gasteiger partial charge in [0, 0.05) is 26.2 Å². The number of aliphatic hydroxyl groups is 4. The molecule has 0 aliphatic heterocycles. The molecular formula is C29H38N2O7. The van der Waals surface area contributed by atoms with Crippen LogP contribution < -0.4 is 14.2 Å². The van der Waals surface area contributed by atoms with Crippen LogP contribution in [-0.4, -0.2) is 101 Å². The molecule has 3 atom stereocenters. The van der Waals surface area contributed by atoms with E-state index in [0.717, 1.165) is 0 Å². The summed E-state index contributed by atoms with van der Waals surface area (Å²) in [6, 6.07) is 27.5. The SMILES string of the molecule is OCCN(CC(O)COc1ccccc1)N(CC(O)COc1ccccc1)CC(O)COc1ccccc1. The quantitative estimate of drug-likeness (QED) is 0.184. The second-order valence-electron chi connectivity index (χ2n) is 8.84.